The Balaban J connectivity index is 0.00000361. The molecule has 0 aromatic heterocycles. The van der Waals surface area contributed by atoms with Crippen molar-refractivity contribution in [2.45, 2.75) is 19.9 Å². The average molecular weight is 389 g/mol. The summed E-state index contributed by atoms with van der Waals surface area (Å²) in [6, 6.07) is 7.96. The molecule has 0 amide bonds. The van der Waals surface area contributed by atoms with Gasteiger partial charge < -0.3 is 15.4 Å². The smallest absolute Gasteiger partial charge is 0.191 e. The summed E-state index contributed by atoms with van der Waals surface area (Å²) in [5.74, 6) is 1.69. The Hall–Kier alpha value is -1.24. The Morgan fingerprint density at radius 2 is 2.05 bits per heavy atom. The highest BCUT2D eigenvalue weighted by molar-refractivity contribution is 14.0. The summed E-state index contributed by atoms with van der Waals surface area (Å²) in [4.78, 5) is 4.19. The normalized spacial score (nSPS) is 11.1. The SMILES string of the molecule is CC=CCCNC(=NC)NCc1ccccc1OC.I. The second kappa shape index (κ2) is 11.6. The first-order chi connectivity index (χ1) is 9.31. The zero-order chi connectivity index (χ0) is 13.9. The van der Waals surface area contributed by atoms with Crippen molar-refractivity contribution in [1.29, 1.82) is 0 Å². The molecule has 0 aliphatic heterocycles. The van der Waals surface area contributed by atoms with Crippen LogP contribution in [0.15, 0.2) is 41.4 Å². The second-order valence-corrected chi connectivity index (χ2v) is 4.02. The number of aliphatic imine (C=N–C) groups is 1. The molecular formula is C15H24IN3O. The van der Waals surface area contributed by atoms with Gasteiger partial charge in [0.25, 0.3) is 0 Å². The van der Waals surface area contributed by atoms with Crippen LogP contribution in [0.5, 0.6) is 5.75 Å². The molecule has 112 valence electrons. The van der Waals surface area contributed by atoms with Crippen molar-refractivity contribution < 1.29 is 4.74 Å². The Bertz CT molecular complexity index is 433. The van der Waals surface area contributed by atoms with E-state index in [1.54, 1.807) is 14.2 Å². The number of allylic oxidation sites excluding steroid dienone is 1. The predicted molar refractivity (Wildman–Crippen MR) is 96.0 cm³/mol. The molecule has 0 radical (unpaired) electrons. The van der Waals surface area contributed by atoms with E-state index in [9.17, 15) is 0 Å². The Morgan fingerprint density at radius 1 is 1.30 bits per heavy atom. The van der Waals surface area contributed by atoms with E-state index in [1.165, 1.54) is 0 Å². The number of methoxy groups -OCH3 is 1. The van der Waals surface area contributed by atoms with Crippen LogP contribution >= 0.6 is 24.0 Å². The van der Waals surface area contributed by atoms with Crippen molar-refractivity contribution in [1.82, 2.24) is 10.6 Å². The van der Waals surface area contributed by atoms with Gasteiger partial charge in [0.15, 0.2) is 5.96 Å². The van der Waals surface area contributed by atoms with Crippen molar-refractivity contribution in [3.05, 3.63) is 42.0 Å². The van der Waals surface area contributed by atoms with E-state index >= 15 is 0 Å². The van der Waals surface area contributed by atoms with Gasteiger partial charge in [-0.1, -0.05) is 30.4 Å². The number of halogens is 1. The highest BCUT2D eigenvalue weighted by Gasteiger charge is 2.02. The van der Waals surface area contributed by atoms with Gasteiger partial charge in [0, 0.05) is 25.7 Å². The molecule has 0 aliphatic carbocycles. The summed E-state index contributed by atoms with van der Waals surface area (Å²) in [6.45, 7) is 3.58. The first-order valence-electron chi connectivity index (χ1n) is 6.49. The largest absolute Gasteiger partial charge is 0.496 e. The number of ether oxygens (including phenoxy) is 1. The Morgan fingerprint density at radius 3 is 2.70 bits per heavy atom. The molecule has 0 saturated heterocycles. The second-order valence-electron chi connectivity index (χ2n) is 4.02. The number of hydrogen-bond acceptors (Lipinski definition) is 2. The van der Waals surface area contributed by atoms with Gasteiger partial charge >= 0.3 is 0 Å². The standard InChI is InChI=1S/C15H23N3O.HI/c1-4-5-8-11-17-15(16-2)18-12-13-9-6-7-10-14(13)19-3;/h4-7,9-10H,8,11-12H2,1-3H3,(H2,16,17,18);1H. The number of para-hydroxylation sites is 1. The summed E-state index contributed by atoms with van der Waals surface area (Å²) in [6.07, 6.45) is 5.17. The highest BCUT2D eigenvalue weighted by Crippen LogP contribution is 2.16. The molecule has 0 unspecified atom stereocenters. The fourth-order valence-corrected chi connectivity index (χ4v) is 1.69. The fraction of sp³-hybridized carbons (Fsp3) is 0.400. The van der Waals surface area contributed by atoms with Crippen molar-refractivity contribution in [2.24, 2.45) is 4.99 Å². The van der Waals surface area contributed by atoms with E-state index in [1.807, 2.05) is 37.3 Å². The monoisotopic (exact) mass is 389 g/mol. The molecular weight excluding hydrogens is 365 g/mol. The van der Waals surface area contributed by atoms with Crippen LogP contribution in [-0.2, 0) is 6.54 Å². The third-order valence-corrected chi connectivity index (χ3v) is 2.70. The van der Waals surface area contributed by atoms with E-state index in [2.05, 4.69) is 21.7 Å². The van der Waals surface area contributed by atoms with Gasteiger partial charge in [0.05, 0.1) is 7.11 Å². The zero-order valence-electron chi connectivity index (χ0n) is 12.3. The fourth-order valence-electron chi connectivity index (χ4n) is 1.69. The minimum Gasteiger partial charge on any atom is -0.496 e. The third kappa shape index (κ3) is 6.79. The molecule has 1 aromatic carbocycles. The number of guanidine groups is 1. The van der Waals surface area contributed by atoms with E-state index in [0.717, 1.165) is 30.2 Å². The molecule has 0 atom stereocenters. The maximum atomic E-state index is 5.31. The number of nitrogens with one attached hydrogen (secondary N) is 2. The highest BCUT2D eigenvalue weighted by atomic mass is 127. The molecule has 0 heterocycles. The van der Waals surface area contributed by atoms with Crippen molar-refractivity contribution in [3.8, 4) is 5.75 Å². The van der Waals surface area contributed by atoms with Gasteiger partial charge in [0.2, 0.25) is 0 Å². The molecule has 1 rings (SSSR count). The van der Waals surface area contributed by atoms with E-state index < -0.39 is 0 Å². The van der Waals surface area contributed by atoms with E-state index in [4.69, 9.17) is 4.74 Å². The van der Waals surface area contributed by atoms with Crippen LogP contribution < -0.4 is 15.4 Å². The lowest BCUT2D eigenvalue weighted by molar-refractivity contribution is 0.409. The summed E-state index contributed by atoms with van der Waals surface area (Å²) in [5, 5.41) is 6.53. The lowest BCUT2D eigenvalue weighted by Gasteiger charge is -2.13. The molecule has 0 saturated carbocycles. The lowest BCUT2D eigenvalue weighted by atomic mass is 10.2. The zero-order valence-corrected chi connectivity index (χ0v) is 14.7. The van der Waals surface area contributed by atoms with Crippen LogP contribution in [0, 0.1) is 0 Å². The minimum absolute atomic E-state index is 0. The first kappa shape index (κ1) is 18.8. The van der Waals surface area contributed by atoms with Crippen molar-refractivity contribution >= 4 is 29.9 Å². The Kier molecular flexibility index (Phi) is 10.9. The number of nitrogens with zero attached hydrogens (tertiary/aromatic N) is 1. The molecule has 5 heteroatoms. The van der Waals surface area contributed by atoms with Gasteiger partial charge in [-0.25, -0.2) is 0 Å². The maximum Gasteiger partial charge on any atom is 0.191 e. The van der Waals surface area contributed by atoms with Crippen LogP contribution in [0.25, 0.3) is 0 Å². The molecule has 0 aliphatic rings. The topological polar surface area (TPSA) is 45.7 Å². The van der Waals surface area contributed by atoms with Crippen molar-refractivity contribution in [2.75, 3.05) is 20.7 Å². The quantitative estimate of drug-likeness (QED) is 0.259. The molecule has 2 N–H and O–H groups in total. The van der Waals surface area contributed by atoms with Crippen LogP contribution in [0.4, 0.5) is 0 Å². The van der Waals surface area contributed by atoms with Gasteiger partial charge in [-0.3, -0.25) is 4.99 Å². The molecule has 20 heavy (non-hydrogen) atoms. The van der Waals surface area contributed by atoms with Crippen molar-refractivity contribution in [3.63, 3.8) is 0 Å². The summed E-state index contributed by atoms with van der Waals surface area (Å²) in [7, 11) is 3.45. The average Bonchev–Trinajstić information content (AvgIpc) is 2.47. The van der Waals surface area contributed by atoms with Gasteiger partial charge in [-0.15, -0.1) is 24.0 Å². The van der Waals surface area contributed by atoms with Crippen LogP contribution in [0.2, 0.25) is 0 Å². The van der Waals surface area contributed by atoms with E-state index in [-0.39, 0.29) is 24.0 Å². The Labute approximate surface area is 138 Å². The summed E-state index contributed by atoms with van der Waals surface area (Å²) >= 11 is 0. The molecule has 0 bridgehead atoms. The van der Waals surface area contributed by atoms with Gasteiger partial charge in [0.1, 0.15) is 5.75 Å². The van der Waals surface area contributed by atoms with Crippen LogP contribution in [0.3, 0.4) is 0 Å². The summed E-state index contributed by atoms with van der Waals surface area (Å²) in [5.41, 5.74) is 1.11. The van der Waals surface area contributed by atoms with Gasteiger partial charge in [-0.2, -0.15) is 0 Å². The molecule has 4 nitrogen and oxygen atoms in total. The number of benzene rings is 1. The molecule has 0 fully saturated rings. The third-order valence-electron chi connectivity index (χ3n) is 2.70. The van der Waals surface area contributed by atoms with Gasteiger partial charge in [-0.05, 0) is 19.4 Å². The number of hydrogen-bond donors (Lipinski definition) is 2. The van der Waals surface area contributed by atoms with E-state index in [0.29, 0.717) is 6.54 Å². The van der Waals surface area contributed by atoms with Crippen LogP contribution in [0.1, 0.15) is 18.9 Å². The predicted octanol–water partition coefficient (Wildman–Crippen LogP) is 2.94. The first-order valence-corrected chi connectivity index (χ1v) is 6.49. The summed E-state index contributed by atoms with van der Waals surface area (Å²) < 4.78 is 5.31. The molecule has 1 aromatic rings. The molecule has 0 spiro atoms. The number of rotatable bonds is 6. The maximum absolute atomic E-state index is 5.31. The van der Waals surface area contributed by atoms with Crippen LogP contribution in [-0.4, -0.2) is 26.7 Å². The lowest BCUT2D eigenvalue weighted by Crippen LogP contribution is -2.37. The minimum atomic E-state index is 0.